The topological polar surface area (TPSA) is 124 Å². The fourth-order valence-corrected chi connectivity index (χ4v) is 3.83. The van der Waals surface area contributed by atoms with Gasteiger partial charge in [-0.15, -0.1) is 0 Å². The van der Waals surface area contributed by atoms with Crippen LogP contribution in [0, 0.1) is 11.3 Å². The van der Waals surface area contributed by atoms with E-state index in [-0.39, 0.29) is 23.1 Å². The molecule has 8 nitrogen and oxygen atoms in total. The van der Waals surface area contributed by atoms with Gasteiger partial charge in [0.05, 0.1) is 30.8 Å². The number of halogens is 2. The first-order chi connectivity index (χ1) is 12.3. The van der Waals surface area contributed by atoms with Gasteiger partial charge in [0, 0.05) is 16.6 Å². The smallest absolute Gasteiger partial charge is 0.240 e. The fraction of sp³-hybridized carbons (Fsp3) is 0.133. The van der Waals surface area contributed by atoms with E-state index >= 15 is 0 Å². The Morgan fingerprint density at radius 3 is 2.77 bits per heavy atom. The molecule has 0 fully saturated rings. The molecule has 0 atom stereocenters. The minimum Gasteiger partial charge on any atom is -0.480 e. The Hall–Kier alpha value is -2.19. The summed E-state index contributed by atoms with van der Waals surface area (Å²) >= 11 is 9.36. The molecule has 0 radical (unpaired) electrons. The summed E-state index contributed by atoms with van der Waals surface area (Å²) in [7, 11) is -2.56. The molecule has 2 heterocycles. The number of fused-ring (bicyclic) bond motifs is 1. The summed E-state index contributed by atoms with van der Waals surface area (Å²) in [4.78, 5) is 8.53. The van der Waals surface area contributed by atoms with Crippen molar-refractivity contribution in [1.82, 2.24) is 14.5 Å². The lowest BCUT2D eigenvalue weighted by molar-refractivity contribution is 0.392. The highest BCUT2D eigenvalue weighted by Crippen LogP contribution is 2.31. The SMILES string of the molecule is COc1nc(-n2cc(S(N)(=O)=O)c3ccc(Cl)cc32)nc(CC#N)c1Br. The summed E-state index contributed by atoms with van der Waals surface area (Å²) in [5.41, 5.74) is 0.851. The van der Waals surface area contributed by atoms with Gasteiger partial charge in [-0.2, -0.15) is 10.2 Å². The van der Waals surface area contributed by atoms with E-state index in [2.05, 4.69) is 25.9 Å². The van der Waals surface area contributed by atoms with Crippen LogP contribution in [0.3, 0.4) is 0 Å². The van der Waals surface area contributed by atoms with Gasteiger partial charge in [-0.25, -0.2) is 18.5 Å². The Kier molecular flexibility index (Phi) is 4.90. The molecule has 0 unspecified atom stereocenters. The number of aromatic nitrogens is 3. The number of methoxy groups -OCH3 is 1. The van der Waals surface area contributed by atoms with Crippen LogP contribution in [0.1, 0.15) is 5.69 Å². The molecule has 3 rings (SSSR count). The zero-order chi connectivity index (χ0) is 19.1. The lowest BCUT2D eigenvalue weighted by atomic mass is 10.2. The van der Waals surface area contributed by atoms with Crippen LogP contribution in [0.4, 0.5) is 0 Å². The molecule has 3 aromatic rings. The monoisotopic (exact) mass is 455 g/mol. The Bertz CT molecular complexity index is 1170. The lowest BCUT2D eigenvalue weighted by Gasteiger charge is -2.10. The van der Waals surface area contributed by atoms with E-state index in [1.165, 1.54) is 17.9 Å². The second kappa shape index (κ2) is 6.85. The molecule has 2 N–H and O–H groups in total. The van der Waals surface area contributed by atoms with Crippen molar-refractivity contribution in [1.29, 1.82) is 5.26 Å². The number of primary sulfonamides is 1. The van der Waals surface area contributed by atoms with Crippen molar-refractivity contribution in [3.05, 3.63) is 39.6 Å². The number of hydrogen-bond donors (Lipinski definition) is 1. The van der Waals surface area contributed by atoms with Crippen molar-refractivity contribution in [2.24, 2.45) is 5.14 Å². The van der Waals surface area contributed by atoms with E-state index in [9.17, 15) is 8.42 Å². The van der Waals surface area contributed by atoms with Crippen LogP contribution in [0.5, 0.6) is 5.88 Å². The average molecular weight is 457 g/mol. The van der Waals surface area contributed by atoms with Gasteiger partial charge in [-0.3, -0.25) is 4.57 Å². The number of nitrogens with two attached hydrogens (primary N) is 1. The van der Waals surface area contributed by atoms with E-state index in [0.717, 1.165) is 0 Å². The van der Waals surface area contributed by atoms with Gasteiger partial charge in [0.15, 0.2) is 0 Å². The first-order valence-corrected chi connectivity index (χ1v) is 9.79. The summed E-state index contributed by atoms with van der Waals surface area (Å²) in [5.74, 6) is 0.332. The first kappa shape index (κ1) is 18.6. The maximum atomic E-state index is 11.9. The summed E-state index contributed by atoms with van der Waals surface area (Å²) in [6.07, 6.45) is 1.32. The molecule has 11 heteroatoms. The molecule has 0 saturated carbocycles. The maximum absolute atomic E-state index is 11.9. The van der Waals surface area contributed by atoms with Gasteiger partial charge in [0.25, 0.3) is 0 Å². The Balaban J connectivity index is 2.38. The molecule has 0 amide bonds. The first-order valence-electron chi connectivity index (χ1n) is 7.07. The Labute approximate surface area is 162 Å². The number of hydrogen-bond acceptors (Lipinski definition) is 6. The minimum atomic E-state index is -3.99. The lowest BCUT2D eigenvalue weighted by Crippen LogP contribution is -2.11. The van der Waals surface area contributed by atoms with Crippen LogP contribution < -0.4 is 9.88 Å². The van der Waals surface area contributed by atoms with Crippen LogP contribution >= 0.6 is 27.5 Å². The molecule has 0 saturated heterocycles. The van der Waals surface area contributed by atoms with Crippen LogP contribution in [0.2, 0.25) is 5.02 Å². The molecular formula is C15H11BrClN5O3S. The van der Waals surface area contributed by atoms with Crippen molar-refractivity contribution in [2.75, 3.05) is 7.11 Å². The van der Waals surface area contributed by atoms with Gasteiger partial charge < -0.3 is 4.74 Å². The van der Waals surface area contributed by atoms with Crippen LogP contribution in [0.25, 0.3) is 16.9 Å². The standard InChI is InChI=1S/C15H11BrClN5O3S/c1-25-14-13(16)10(4-5-18)20-15(21-14)22-7-12(26(19,23)24)9-3-2-8(17)6-11(9)22/h2-3,6-7H,4H2,1H3,(H2,19,23,24). The second-order valence-electron chi connectivity index (χ2n) is 5.20. The number of benzene rings is 1. The van der Waals surface area contributed by atoms with Crippen molar-refractivity contribution in [3.63, 3.8) is 0 Å². The molecule has 0 aliphatic carbocycles. The number of sulfonamides is 1. The second-order valence-corrected chi connectivity index (χ2v) is 7.96. The van der Waals surface area contributed by atoms with Gasteiger partial charge in [-0.05, 0) is 34.1 Å². The maximum Gasteiger partial charge on any atom is 0.240 e. The van der Waals surface area contributed by atoms with Crippen LogP contribution in [0.15, 0.2) is 33.8 Å². The average Bonchev–Trinajstić information content (AvgIpc) is 2.96. The van der Waals surface area contributed by atoms with Crippen molar-refractivity contribution >= 4 is 48.5 Å². The summed E-state index contributed by atoms with van der Waals surface area (Å²) in [6, 6.07) is 6.70. The molecule has 0 aliphatic rings. The Morgan fingerprint density at radius 1 is 1.42 bits per heavy atom. The summed E-state index contributed by atoms with van der Waals surface area (Å²) in [6.45, 7) is 0. The molecular weight excluding hydrogens is 446 g/mol. The van der Waals surface area contributed by atoms with Crippen LogP contribution in [-0.4, -0.2) is 30.1 Å². The van der Waals surface area contributed by atoms with Crippen molar-refractivity contribution in [2.45, 2.75) is 11.3 Å². The minimum absolute atomic E-state index is 0.00840. The largest absolute Gasteiger partial charge is 0.480 e. The van der Waals surface area contributed by atoms with Gasteiger partial charge in [-0.1, -0.05) is 11.6 Å². The summed E-state index contributed by atoms with van der Waals surface area (Å²) in [5, 5.41) is 15.1. The third kappa shape index (κ3) is 3.26. The van der Waals surface area contributed by atoms with Gasteiger partial charge in [0.2, 0.25) is 21.9 Å². The molecule has 0 bridgehead atoms. The van der Waals surface area contributed by atoms with Gasteiger partial charge in [0.1, 0.15) is 9.37 Å². The normalized spacial score (nSPS) is 11.5. The molecule has 0 spiro atoms. The van der Waals surface area contributed by atoms with E-state index in [4.69, 9.17) is 26.7 Å². The molecule has 0 aliphatic heterocycles. The molecule has 2 aromatic heterocycles. The number of rotatable bonds is 4. The van der Waals surface area contributed by atoms with E-state index in [0.29, 0.717) is 26.1 Å². The molecule has 26 heavy (non-hydrogen) atoms. The zero-order valence-corrected chi connectivity index (χ0v) is 16.4. The highest BCUT2D eigenvalue weighted by atomic mass is 79.9. The van der Waals surface area contributed by atoms with Gasteiger partial charge >= 0.3 is 0 Å². The highest BCUT2D eigenvalue weighted by molar-refractivity contribution is 9.10. The Morgan fingerprint density at radius 2 is 2.15 bits per heavy atom. The molecule has 1 aromatic carbocycles. The zero-order valence-electron chi connectivity index (χ0n) is 13.3. The van der Waals surface area contributed by atoms with Crippen molar-refractivity contribution in [3.8, 4) is 17.9 Å². The molecule has 134 valence electrons. The van der Waals surface area contributed by atoms with Crippen LogP contribution in [-0.2, 0) is 16.4 Å². The van der Waals surface area contributed by atoms with E-state index in [1.54, 1.807) is 18.2 Å². The quantitative estimate of drug-likeness (QED) is 0.643. The predicted molar refractivity (Wildman–Crippen MR) is 98.8 cm³/mol. The third-order valence-electron chi connectivity index (χ3n) is 3.57. The number of nitrogens with zero attached hydrogens (tertiary/aromatic N) is 4. The van der Waals surface area contributed by atoms with E-state index < -0.39 is 10.0 Å². The van der Waals surface area contributed by atoms with Crippen molar-refractivity contribution < 1.29 is 13.2 Å². The highest BCUT2D eigenvalue weighted by Gasteiger charge is 2.21. The fourth-order valence-electron chi connectivity index (χ4n) is 2.45. The third-order valence-corrected chi connectivity index (χ3v) is 5.54. The predicted octanol–water partition coefficient (Wildman–Crippen LogP) is 2.56. The number of ether oxygens (including phenoxy) is 1. The summed E-state index contributed by atoms with van der Waals surface area (Å²) < 4.78 is 31.0. The van der Waals surface area contributed by atoms with E-state index in [1.807, 2.05) is 6.07 Å². The number of nitriles is 1.